The number of nitro groups is 1. The zero-order chi connectivity index (χ0) is 102. The first-order valence-electron chi connectivity index (χ1n) is 44.3. The molecule has 32 nitrogen and oxygen atoms in total. The topological polar surface area (TPSA) is 498 Å². The smallest absolute Gasteiger partial charge is 0.310 e. The van der Waals surface area contributed by atoms with Crippen LogP contribution in [0.15, 0.2) is 146 Å². The molecule has 7 rings (SSSR count). The van der Waals surface area contributed by atoms with E-state index in [0.717, 1.165) is 99.8 Å². The second-order valence-electron chi connectivity index (χ2n) is 31.2. The van der Waals surface area contributed by atoms with Crippen LogP contribution < -0.4 is 52.6 Å². The number of carbonyl (C=O) groups is 11. The van der Waals surface area contributed by atoms with Crippen LogP contribution in [0.4, 0.5) is 5.69 Å². The van der Waals surface area contributed by atoms with Gasteiger partial charge in [-0.05, 0) is 327 Å². The van der Waals surface area contributed by atoms with Crippen LogP contribution in [0.25, 0.3) is 0 Å². The number of benzene rings is 6. The lowest BCUT2D eigenvalue weighted by atomic mass is 9.95. The normalized spacial score (nSPS) is 12.4. The van der Waals surface area contributed by atoms with Crippen molar-refractivity contribution >= 4 is 92.6 Å². The number of nitro benzene ring substituents is 1. The molecule has 0 saturated heterocycles. The summed E-state index contributed by atoms with van der Waals surface area (Å²) in [6, 6.07) is 40.0. The lowest BCUT2D eigenvalue weighted by Crippen LogP contribution is -2.41. The lowest BCUT2D eigenvalue weighted by molar-refractivity contribution is -0.385. The molecule has 0 aliphatic carbocycles. The van der Waals surface area contributed by atoms with E-state index in [-0.39, 0.29) is 142 Å². The SMILES string of the molecule is CC(=O)CCc1cnc[nH]1.CCCC[C@H](NC)C(C)=O.CCC[C@H](NC)C(C)=O.CN[C@@H](CCO)C(C)=O.CN[C@@H](CCc1ccccc1)C(C)=O.CN[C@@H](Cc1c(C)cc(O)cc1C)C(C)=O.CN[C@@H](Cc1ccc(O)c(I)c1)C(C)=O.CN[C@@H](Cc1ccc(O)c([N+](=O)[O-])c1)C(C)=O.CN[C@@H](Cc1ccc(OCc2ccccc2)cc1)C(C)=O.CN[C@H](C(C)=O)[C@@H](C)O.O=CO. The zero-order valence-electron chi connectivity index (χ0n) is 82.7. The van der Waals surface area contributed by atoms with Gasteiger partial charge in [0.2, 0.25) is 0 Å². The number of nitrogens with zero attached hydrogens (tertiary/aromatic N) is 2. The Kier molecular flexibility index (Phi) is 75.5. The maximum atomic E-state index is 11.4. The van der Waals surface area contributed by atoms with Crippen molar-refractivity contribution in [1.82, 2.24) is 57.8 Å². The van der Waals surface area contributed by atoms with Crippen molar-refractivity contribution in [3.63, 3.8) is 0 Å². The predicted octanol–water partition coefficient (Wildman–Crippen LogP) is 11.3. The highest BCUT2D eigenvalue weighted by Gasteiger charge is 2.22. The molecule has 0 bridgehead atoms. The van der Waals surface area contributed by atoms with Gasteiger partial charge in [0, 0.05) is 31.0 Å². The number of carbonyl (C=O) groups excluding carboxylic acids is 10. The number of H-pyrrole nitrogens is 1. The first-order chi connectivity index (χ1) is 62.8. The zero-order valence-corrected chi connectivity index (χ0v) is 84.8. The Labute approximate surface area is 802 Å². The van der Waals surface area contributed by atoms with E-state index < -0.39 is 17.1 Å². The van der Waals surface area contributed by atoms with Gasteiger partial charge >= 0.3 is 5.69 Å². The first-order valence-corrected chi connectivity index (χ1v) is 45.4. The van der Waals surface area contributed by atoms with Gasteiger partial charge in [0.25, 0.3) is 6.47 Å². The second-order valence-corrected chi connectivity index (χ2v) is 32.4. The number of phenolic OH excluding ortho intramolecular Hbond substituents is 3. The van der Waals surface area contributed by atoms with Gasteiger partial charge in [0.15, 0.2) is 5.75 Å². The number of nitrogens with one attached hydrogen (secondary N) is 10. The number of hydrogen-bond acceptors (Lipinski definition) is 29. The monoisotopic (exact) mass is 1970 g/mol. The van der Waals surface area contributed by atoms with Gasteiger partial charge in [-0.25, -0.2) is 4.98 Å². The Hall–Kier alpha value is -10.4. The number of hydrogen-bond donors (Lipinski definition) is 16. The molecule has 0 aliphatic heterocycles. The van der Waals surface area contributed by atoms with Crippen LogP contribution in [0.1, 0.15) is 192 Å². The molecule has 0 saturated carbocycles. The summed E-state index contributed by atoms with van der Waals surface area (Å²) in [6.07, 6.45) is 14.1. The van der Waals surface area contributed by atoms with Crippen LogP contribution in [0, 0.1) is 27.5 Å². The maximum absolute atomic E-state index is 11.4. The number of aromatic nitrogens is 2. The molecule has 1 aromatic heterocycles. The summed E-state index contributed by atoms with van der Waals surface area (Å²) in [7, 11) is 15.9. The average Bonchev–Trinajstić information content (AvgIpc) is 0.974. The first kappa shape index (κ1) is 129. The van der Waals surface area contributed by atoms with E-state index in [1.165, 1.54) is 38.5 Å². The molecule has 133 heavy (non-hydrogen) atoms. The van der Waals surface area contributed by atoms with Gasteiger partial charge in [0.05, 0.1) is 75.3 Å². The Balaban J connectivity index is -0.000000702. The third-order valence-corrected chi connectivity index (χ3v) is 21.3. The number of aliphatic hydroxyl groups is 2. The van der Waals surface area contributed by atoms with Crippen molar-refractivity contribution < 1.29 is 93.0 Å². The van der Waals surface area contributed by atoms with E-state index >= 15 is 0 Å². The van der Waals surface area contributed by atoms with E-state index in [9.17, 15) is 73.4 Å². The highest BCUT2D eigenvalue weighted by molar-refractivity contribution is 14.1. The molecule has 10 atom stereocenters. The average molecular weight is 1970 g/mol. The summed E-state index contributed by atoms with van der Waals surface area (Å²) in [6.45, 7) is 25.7. The van der Waals surface area contributed by atoms with Crippen molar-refractivity contribution in [3.8, 4) is 23.0 Å². The number of aryl methyl sites for hydroxylation is 4. The number of ketones is 10. The number of halogens is 1. The summed E-state index contributed by atoms with van der Waals surface area (Å²) in [5.41, 5.74) is 9.09. The third kappa shape index (κ3) is 61.9. The summed E-state index contributed by atoms with van der Waals surface area (Å²) in [4.78, 5) is 135. The van der Waals surface area contributed by atoms with Crippen LogP contribution in [0.5, 0.6) is 23.0 Å². The minimum Gasteiger partial charge on any atom is -0.508 e. The van der Waals surface area contributed by atoms with Crippen LogP contribution in [-0.4, -0.2) is 240 Å². The second kappa shape index (κ2) is 78.0. The number of phenols is 3. The molecule has 742 valence electrons. The van der Waals surface area contributed by atoms with Gasteiger partial charge in [-0.2, -0.15) is 0 Å². The molecule has 0 aliphatic rings. The fourth-order valence-electron chi connectivity index (χ4n) is 12.5. The quantitative estimate of drug-likeness (QED) is 0.00730. The molecule has 0 spiro atoms. The Morgan fingerprint density at radius 3 is 1.19 bits per heavy atom. The minimum absolute atomic E-state index is 0.00444. The van der Waals surface area contributed by atoms with Crippen molar-refractivity contribution in [2.75, 3.05) is 70.0 Å². The van der Waals surface area contributed by atoms with E-state index in [1.807, 2.05) is 127 Å². The molecule has 1 heterocycles. The molecule has 7 aromatic rings. The number of Topliss-reactive ketones (excluding diaryl/α,β-unsaturated/α-hetero) is 10. The lowest BCUT2D eigenvalue weighted by Gasteiger charge is -2.16. The number of aromatic amines is 1. The number of rotatable bonds is 44. The van der Waals surface area contributed by atoms with E-state index in [1.54, 1.807) is 127 Å². The number of aromatic hydroxyl groups is 3. The van der Waals surface area contributed by atoms with Crippen molar-refractivity contribution in [2.24, 2.45) is 0 Å². The molecular formula is C100H155IN12O20. The molecule has 6 aromatic carbocycles. The Morgan fingerprint density at radius 2 is 0.857 bits per heavy atom. The van der Waals surface area contributed by atoms with Crippen LogP contribution in [0.3, 0.4) is 0 Å². The molecule has 33 heteroatoms. The summed E-state index contributed by atoms with van der Waals surface area (Å²) in [5.74, 6) is 2.35. The van der Waals surface area contributed by atoms with Crippen molar-refractivity contribution in [1.29, 1.82) is 0 Å². The summed E-state index contributed by atoms with van der Waals surface area (Å²) >= 11 is 2.07. The van der Waals surface area contributed by atoms with Crippen LogP contribution in [0.2, 0.25) is 0 Å². The predicted molar refractivity (Wildman–Crippen MR) is 536 cm³/mol. The molecule has 0 unspecified atom stereocenters. The van der Waals surface area contributed by atoms with Crippen molar-refractivity contribution in [3.05, 3.63) is 210 Å². The molecule has 0 fully saturated rings. The van der Waals surface area contributed by atoms with Crippen molar-refractivity contribution in [2.45, 2.75) is 261 Å². The van der Waals surface area contributed by atoms with E-state index in [4.69, 9.17) is 24.9 Å². The number of unbranched alkanes of at least 4 members (excludes halogenated alkanes) is 1. The van der Waals surface area contributed by atoms with Gasteiger partial charge in [-0.15, -0.1) is 0 Å². The number of likely N-dealkylation sites (N-methyl/N-ethyl adjacent to an activating group) is 9. The highest BCUT2D eigenvalue weighted by atomic mass is 127. The summed E-state index contributed by atoms with van der Waals surface area (Å²) < 4.78 is 6.55. The fourth-order valence-corrected chi connectivity index (χ4v) is 13.1. The Bertz CT molecular complexity index is 4380. The number of imidazole rings is 1. The molecular weight excluding hydrogens is 1820 g/mol. The van der Waals surface area contributed by atoms with Gasteiger partial charge in [0.1, 0.15) is 81.7 Å². The number of aliphatic hydroxyl groups excluding tert-OH is 2. The number of ether oxygens (including phenoxy) is 1. The largest absolute Gasteiger partial charge is 0.508 e. The third-order valence-electron chi connectivity index (χ3n) is 20.5. The van der Waals surface area contributed by atoms with E-state index in [0.29, 0.717) is 50.7 Å². The fraction of sp³-hybridized carbons (Fsp3) is 0.500. The van der Waals surface area contributed by atoms with Crippen LogP contribution in [-0.2, 0) is 97.9 Å². The highest BCUT2D eigenvalue weighted by Crippen LogP contribution is 2.28. The Morgan fingerprint density at radius 1 is 0.474 bits per heavy atom. The summed E-state index contributed by atoms with van der Waals surface area (Å²) in [5, 5.41) is 89.2. The van der Waals surface area contributed by atoms with Gasteiger partial charge in [-0.1, -0.05) is 118 Å². The maximum Gasteiger partial charge on any atom is 0.310 e. The van der Waals surface area contributed by atoms with Crippen LogP contribution >= 0.6 is 22.6 Å². The standard InChI is InChI=1S/C18H21NO2.C13H19NO2.C12H17NO.C11H14INO2.C11H14N2O4.C8H17NO.C7H10N2O.C7H15NO.2C6H13NO2.CH2O2/c1-14(20)18(19-2)12-15-8-10-17(11-9-15)21-13-16-6-4-3-5-7-16;1-8-5-11(16)6-9(2)12(8)7-13(14-4)10(3)15;1-10(14)12(13-2)9-8-11-6-4-3-5-7-11;1-7(14)10(13-2)6-8-3-4-11(15)9(12)5-8;1-7(14)9(12-2)5-8-3-4-11(15)10(6-8)13(16)17;1-4-5-6-8(9-3)7(2)10;1-6(10)2-3-7-4-8-5-9-7;1-4-5-7(8-3)6(2)9;1-5(9)6(7-2)3-4-8;1-4(8)6(7-3)5(2)9;2-1-3/h3-11,18-19H,12-13H2,1-2H3;5-6,13-14,16H,7H2,1-4H3;3-7,12-13H,8-9H2,1-2H3;3-5,10,13,15H,6H2,1-2H3;3-4,6,9,12,15H,5H2,1-2H3;8-9H,4-6H2,1-3H3;4-5H,2-3H2,1H3,(H,8,9);7-8H,4-5H2,1-3H3;6-8H,3-4H2,1-2H3;4,6-8H,1-3H3;1H,(H,2,3)/t18-;13-;12-;10-;9-;8-;;7-;6-;4-,6+;/m000000.001./s1. The van der Waals surface area contributed by atoms with Gasteiger partial charge in [-0.3, -0.25) is 58.1 Å². The molecule has 0 amide bonds. The van der Waals surface area contributed by atoms with E-state index in [2.05, 4.69) is 106 Å². The minimum atomic E-state index is -0.652. The molecule has 16 N–H and O–H groups in total. The van der Waals surface area contributed by atoms with Gasteiger partial charge < -0.3 is 93.0 Å². The number of carboxylic acid groups (broad SMARTS) is 1. The molecule has 0 radical (unpaired) electrons.